The summed E-state index contributed by atoms with van der Waals surface area (Å²) in [6, 6.07) is 37.0. The zero-order valence-corrected chi connectivity index (χ0v) is 61.6. The highest BCUT2D eigenvalue weighted by molar-refractivity contribution is 7.19. The number of aryl methyl sites for hydroxylation is 3. The molecule has 0 aliphatic rings. The zero-order valence-electron chi connectivity index (χ0n) is 54.5. The van der Waals surface area contributed by atoms with E-state index in [4.69, 9.17) is 45.3 Å². The van der Waals surface area contributed by atoms with Crippen molar-refractivity contribution in [3.05, 3.63) is 207 Å². The fraction of sp³-hybridized carbons (Fsp3) is 0.315. The predicted octanol–water partition coefficient (Wildman–Crippen LogP) is 29.4. The normalized spacial score (nSPS) is 9.89. The minimum atomic E-state index is -1.76. The van der Waals surface area contributed by atoms with E-state index < -0.39 is 23.3 Å². The molecule has 12 rings (SSSR count). The second-order valence-electron chi connectivity index (χ2n) is 18.7. The molecule has 0 unspecified atom stereocenters. The van der Waals surface area contributed by atoms with Crippen molar-refractivity contribution >= 4 is 163 Å². The van der Waals surface area contributed by atoms with Crippen LogP contribution in [-0.4, -0.2) is 0 Å². The maximum atomic E-state index is 12.9. The molecular formula is C73H85Cl3F4N2S6. The number of nitrogens with zero attached hydrogens (tertiary/aromatic N) is 2. The molecule has 0 radical (unpaired) electrons. The Hall–Kier alpha value is -5.35. The summed E-state index contributed by atoms with van der Waals surface area (Å²) >= 11 is 27.7. The van der Waals surface area contributed by atoms with E-state index in [9.17, 15) is 17.6 Å². The molecule has 6 aromatic heterocycles. The van der Waals surface area contributed by atoms with E-state index in [0.717, 1.165) is 59.8 Å². The lowest BCUT2D eigenvalue weighted by Gasteiger charge is -2.19. The van der Waals surface area contributed by atoms with Gasteiger partial charge in [-0.2, -0.15) is 10.5 Å². The van der Waals surface area contributed by atoms with Crippen molar-refractivity contribution in [2.75, 3.05) is 0 Å². The van der Waals surface area contributed by atoms with E-state index in [0.29, 0.717) is 5.92 Å². The van der Waals surface area contributed by atoms with Gasteiger partial charge >= 0.3 is 0 Å². The molecule has 2 nitrogen and oxygen atoms in total. The highest BCUT2D eigenvalue weighted by atomic mass is 35.5. The molecule has 0 aliphatic carbocycles. The third-order valence-electron chi connectivity index (χ3n) is 12.0. The molecule has 0 bridgehead atoms. The fourth-order valence-electron chi connectivity index (χ4n) is 7.79. The summed E-state index contributed by atoms with van der Waals surface area (Å²) in [6.45, 7) is 41.1. The summed E-state index contributed by atoms with van der Waals surface area (Å²) in [7, 11) is 0. The fourth-order valence-corrected chi connectivity index (χ4v) is 13.7. The molecule has 0 N–H and O–H groups in total. The van der Waals surface area contributed by atoms with Crippen LogP contribution in [0.5, 0.6) is 0 Å². The van der Waals surface area contributed by atoms with Gasteiger partial charge in [0.25, 0.3) is 0 Å². The Morgan fingerprint density at radius 1 is 0.443 bits per heavy atom. The van der Waals surface area contributed by atoms with E-state index in [-0.39, 0.29) is 15.5 Å². The van der Waals surface area contributed by atoms with Gasteiger partial charge in [-0.25, -0.2) is 17.6 Å². The topological polar surface area (TPSA) is 47.6 Å². The van der Waals surface area contributed by atoms with Crippen molar-refractivity contribution in [1.82, 2.24) is 0 Å². The smallest absolute Gasteiger partial charge is 0.198 e. The van der Waals surface area contributed by atoms with E-state index >= 15 is 0 Å². The van der Waals surface area contributed by atoms with Crippen LogP contribution in [0.15, 0.2) is 129 Å². The van der Waals surface area contributed by atoms with Crippen molar-refractivity contribution in [3.8, 4) is 12.1 Å². The van der Waals surface area contributed by atoms with Crippen molar-refractivity contribution < 1.29 is 17.6 Å². The van der Waals surface area contributed by atoms with E-state index in [1.807, 2.05) is 126 Å². The van der Waals surface area contributed by atoms with Gasteiger partial charge in [-0.3, -0.25) is 0 Å². The minimum Gasteiger partial charge on any atom is -0.203 e. The Labute approximate surface area is 561 Å². The van der Waals surface area contributed by atoms with Gasteiger partial charge < -0.3 is 0 Å². The first-order chi connectivity index (χ1) is 42.2. The second kappa shape index (κ2) is 41.9. The minimum absolute atomic E-state index is 0.166. The van der Waals surface area contributed by atoms with Crippen LogP contribution in [-0.2, 0) is 11.8 Å². The lowest BCUT2D eigenvalue weighted by molar-refractivity contribution is 0.419. The number of halogens is 7. The Bertz CT molecular complexity index is 4030. The summed E-state index contributed by atoms with van der Waals surface area (Å²) < 4.78 is 56.7. The molecule has 0 amide bonds. The van der Waals surface area contributed by atoms with Gasteiger partial charge in [0.2, 0.25) is 0 Å². The highest BCUT2D eigenvalue weighted by Gasteiger charge is 2.21. The van der Waals surface area contributed by atoms with Gasteiger partial charge in [0.05, 0.1) is 55.8 Å². The summed E-state index contributed by atoms with van der Waals surface area (Å²) in [6.07, 6.45) is 1.05. The van der Waals surface area contributed by atoms with Gasteiger partial charge in [0.1, 0.15) is 6.07 Å². The third-order valence-corrected chi connectivity index (χ3v) is 18.8. The van der Waals surface area contributed by atoms with Crippen molar-refractivity contribution in [1.29, 1.82) is 10.5 Å². The van der Waals surface area contributed by atoms with E-state index in [1.54, 1.807) is 56.7 Å². The van der Waals surface area contributed by atoms with Crippen LogP contribution < -0.4 is 0 Å². The molecule has 88 heavy (non-hydrogen) atoms. The first-order valence-electron chi connectivity index (χ1n) is 29.7. The molecule has 6 aromatic carbocycles. The number of nitriles is 2. The Morgan fingerprint density at radius 2 is 0.864 bits per heavy atom. The number of benzene rings is 6. The maximum Gasteiger partial charge on any atom is 0.198 e. The Kier molecular flexibility index (Phi) is 38.4. The van der Waals surface area contributed by atoms with Crippen LogP contribution in [0, 0.1) is 59.8 Å². The number of hydrogen-bond acceptors (Lipinski definition) is 8. The molecule has 0 saturated carbocycles. The highest BCUT2D eigenvalue weighted by Crippen LogP contribution is 2.36. The number of hydrogen-bond donors (Lipinski definition) is 0. The number of thiophene rings is 6. The van der Waals surface area contributed by atoms with Crippen molar-refractivity contribution in [2.24, 2.45) is 0 Å². The Morgan fingerprint density at radius 3 is 1.36 bits per heavy atom. The molecule has 6 heterocycles. The monoisotopic (exact) mass is 1360 g/mol. The average molecular weight is 1370 g/mol. The molecule has 0 atom stereocenters. The first kappa shape index (κ1) is 80.7. The van der Waals surface area contributed by atoms with Crippen molar-refractivity contribution in [2.45, 2.75) is 156 Å². The summed E-state index contributed by atoms with van der Waals surface area (Å²) in [5.41, 5.74) is 7.88. The lowest BCUT2D eigenvalue weighted by atomic mass is 9.86. The van der Waals surface area contributed by atoms with E-state index in [1.165, 1.54) is 73.9 Å². The first-order valence-corrected chi connectivity index (χ1v) is 36.1. The van der Waals surface area contributed by atoms with Gasteiger partial charge in [0.15, 0.2) is 23.3 Å². The Balaban J connectivity index is 0.000000510. The number of fused-ring (bicyclic) bond motifs is 6. The standard InChI is InChI=1S/C12H13ClS.C11H11ClS.C10H9ClS.2C10H7NS.C8H2F4S.6C2H6/c1-12(2,3)9-6-8-4-5-14-11(8)10(13)7-9;1-7(2)9-5-8-3-4-13-11(8)10(12)6-9;1-2-7-5-8-3-4-12-10(8)9(11)6-7;1-7-4-8-2-3-12-10(8)5-9(7)6-11;1-7-4-8-2-3-12-10(8)9(5-7)6-11;9-4-3-1-2-13-8(3)7(12)6(11)5(4)10;6*1-2/h4-7H,1-3H3;3-7H,1-2H3;3-6H,2H2,1H3;2*2-5H,1H3;1-2H;6*1-2H3. The van der Waals surface area contributed by atoms with Gasteiger partial charge in [-0.05, 0) is 204 Å². The van der Waals surface area contributed by atoms with Crippen LogP contribution in [0.1, 0.15) is 169 Å². The maximum absolute atomic E-state index is 12.9. The van der Waals surface area contributed by atoms with Gasteiger partial charge in [0, 0.05) is 10.1 Å². The number of rotatable bonds is 2. The summed E-state index contributed by atoms with van der Waals surface area (Å²) in [4.78, 5) is 0. The molecule has 0 spiro atoms. The average Bonchev–Trinajstić information content (AvgIpc) is 4.16. The molecular weight excluding hydrogens is 1280 g/mol. The molecule has 0 saturated heterocycles. The van der Waals surface area contributed by atoms with Crippen LogP contribution >= 0.6 is 103 Å². The van der Waals surface area contributed by atoms with Crippen molar-refractivity contribution in [3.63, 3.8) is 0 Å². The van der Waals surface area contributed by atoms with Crippen LogP contribution in [0.4, 0.5) is 17.6 Å². The van der Waals surface area contributed by atoms with Crippen LogP contribution in [0.25, 0.3) is 60.5 Å². The third kappa shape index (κ3) is 22.5. The van der Waals surface area contributed by atoms with Gasteiger partial charge in [-0.1, -0.05) is 172 Å². The molecule has 15 heteroatoms. The SMILES string of the molecule is CC.CC.CC.CC.CC.CC.CC(C)(C)c1cc(Cl)c2sccc2c1.CC(C)c1cc(Cl)c2sccc2c1.CCc1cc(Cl)c2sccc2c1.Cc1cc(C#N)c2sccc2c1.Cc1cc2ccsc2cc1C#N.Fc1c(F)c(F)c2sccc2c1F. The molecule has 0 aliphatic heterocycles. The molecule has 472 valence electrons. The largest absolute Gasteiger partial charge is 0.203 e. The predicted molar refractivity (Wildman–Crippen MR) is 395 cm³/mol. The van der Waals surface area contributed by atoms with Gasteiger partial charge in [-0.15, -0.1) is 68.0 Å². The summed E-state index contributed by atoms with van der Waals surface area (Å²) in [5.74, 6) is -5.64. The van der Waals surface area contributed by atoms with Crippen LogP contribution in [0.3, 0.4) is 0 Å². The zero-order chi connectivity index (χ0) is 67.0. The second-order valence-corrected chi connectivity index (χ2v) is 25.5. The van der Waals surface area contributed by atoms with E-state index in [2.05, 4.69) is 143 Å². The molecule has 12 aromatic rings. The van der Waals surface area contributed by atoms with Crippen LogP contribution in [0.2, 0.25) is 15.1 Å². The lowest BCUT2D eigenvalue weighted by Crippen LogP contribution is -2.10. The quantitative estimate of drug-likeness (QED) is 0.0984. The summed E-state index contributed by atoms with van der Waals surface area (Å²) in [5, 5.41) is 37.9. The molecule has 0 fully saturated rings.